The number of aliphatic hydroxyl groups excluding tert-OH is 2. The van der Waals surface area contributed by atoms with Crippen molar-refractivity contribution in [2.75, 3.05) is 25.6 Å². The lowest BCUT2D eigenvalue weighted by Crippen LogP contribution is -2.35. The van der Waals surface area contributed by atoms with Crippen LogP contribution in [0.3, 0.4) is 0 Å². The van der Waals surface area contributed by atoms with Gasteiger partial charge in [-0.05, 0) is 31.6 Å². The fourth-order valence-corrected chi connectivity index (χ4v) is 5.24. The van der Waals surface area contributed by atoms with Crippen LogP contribution < -0.4 is 5.32 Å². The highest BCUT2D eigenvalue weighted by Crippen LogP contribution is 2.42. The van der Waals surface area contributed by atoms with Gasteiger partial charge in [0.15, 0.2) is 17.7 Å². The third-order valence-corrected chi connectivity index (χ3v) is 8.04. The Balaban J connectivity index is 1.42. The highest BCUT2D eigenvalue weighted by atomic mass is 31.2. The maximum atomic E-state index is 11.7. The van der Waals surface area contributed by atoms with Gasteiger partial charge in [0.25, 0.3) is 0 Å². The zero-order valence-electron chi connectivity index (χ0n) is 20.8. The fourth-order valence-electron chi connectivity index (χ4n) is 4.62. The molecule has 14 nitrogen and oxygen atoms in total. The maximum absolute atomic E-state index is 11.7. The van der Waals surface area contributed by atoms with Gasteiger partial charge in [-0.15, -0.1) is 0 Å². The minimum absolute atomic E-state index is 0.164. The minimum Gasteiger partial charge on any atom is -0.387 e. The summed E-state index contributed by atoms with van der Waals surface area (Å²) in [7, 11) is -3.36. The fraction of sp³-hybridized carbons (Fsp3) is 0.696. The van der Waals surface area contributed by atoms with Crippen LogP contribution in [-0.4, -0.2) is 101 Å². The van der Waals surface area contributed by atoms with Crippen molar-refractivity contribution < 1.29 is 43.9 Å². The van der Waals surface area contributed by atoms with Crippen LogP contribution in [0.5, 0.6) is 0 Å². The monoisotopic (exact) mass is 553 g/mol. The number of hydrogen-bond donors (Lipinski definition) is 6. The number of rotatable bonds is 9. The predicted molar refractivity (Wildman–Crippen MR) is 132 cm³/mol. The first kappa shape index (κ1) is 27.4. The molecule has 2 aromatic rings. The minimum atomic E-state index is -4.64. The highest BCUT2D eigenvalue weighted by Gasteiger charge is 2.46. The first-order chi connectivity index (χ1) is 18.1. The number of aromatic nitrogens is 4. The second kappa shape index (κ2) is 10.8. The van der Waals surface area contributed by atoms with Gasteiger partial charge in [-0.3, -0.25) is 4.57 Å². The molecule has 3 aliphatic rings. The van der Waals surface area contributed by atoms with Crippen LogP contribution in [0, 0.1) is 11.8 Å². The number of anilines is 1. The smallest absolute Gasteiger partial charge is 0.356 e. The Hall–Kier alpha value is -2.18. The van der Waals surface area contributed by atoms with E-state index < -0.39 is 50.2 Å². The van der Waals surface area contributed by atoms with E-state index >= 15 is 0 Å². The molecule has 6 N–H and O–H groups in total. The zero-order chi connectivity index (χ0) is 27.1. The van der Waals surface area contributed by atoms with Gasteiger partial charge in [-0.25, -0.2) is 14.6 Å². The number of nitrogens with one attached hydrogen (secondary N) is 1. The number of methoxy groups -OCH3 is 1. The van der Waals surface area contributed by atoms with E-state index in [4.69, 9.17) is 14.2 Å². The molecule has 0 bridgehead atoms. The molecule has 2 aliphatic carbocycles. The second-order valence-electron chi connectivity index (χ2n) is 10.0. The Morgan fingerprint density at radius 3 is 2.66 bits per heavy atom. The largest absolute Gasteiger partial charge is 0.387 e. The number of aliphatic hydroxyl groups is 3. The molecule has 0 amide bonds. The number of hydrogen-bond acceptors (Lipinski definition) is 11. The Labute approximate surface area is 218 Å². The van der Waals surface area contributed by atoms with E-state index in [1.54, 1.807) is 0 Å². The van der Waals surface area contributed by atoms with Crippen molar-refractivity contribution in [1.29, 1.82) is 0 Å². The van der Waals surface area contributed by atoms with E-state index in [9.17, 15) is 29.7 Å². The molecule has 2 aromatic heterocycles. The summed E-state index contributed by atoms with van der Waals surface area (Å²) < 4.78 is 28.9. The molecule has 208 valence electrons. The van der Waals surface area contributed by atoms with Crippen LogP contribution >= 0.6 is 7.60 Å². The van der Waals surface area contributed by atoms with Crippen molar-refractivity contribution in [3.63, 3.8) is 0 Å². The Bertz CT molecular complexity index is 1260. The lowest BCUT2D eigenvalue weighted by molar-refractivity contribution is -0.0826. The molecule has 0 radical (unpaired) electrons. The first-order valence-electron chi connectivity index (χ1n) is 12.5. The van der Waals surface area contributed by atoms with Crippen LogP contribution in [0.15, 0.2) is 6.20 Å². The van der Waals surface area contributed by atoms with Crippen LogP contribution in [0.2, 0.25) is 0 Å². The quantitative estimate of drug-likeness (QED) is 0.177. The van der Waals surface area contributed by atoms with E-state index in [0.29, 0.717) is 29.7 Å². The summed E-state index contributed by atoms with van der Waals surface area (Å²) in [5.74, 6) is 4.78. The van der Waals surface area contributed by atoms with E-state index in [-0.39, 0.29) is 18.5 Å². The normalized spacial score (nSPS) is 27.8. The molecule has 0 spiro atoms. The molecule has 1 saturated heterocycles. The molecule has 0 aromatic carbocycles. The Morgan fingerprint density at radius 1 is 1.26 bits per heavy atom. The summed E-state index contributed by atoms with van der Waals surface area (Å²) in [5, 5.41) is 39.9. The van der Waals surface area contributed by atoms with Crippen molar-refractivity contribution in [2.45, 2.75) is 80.6 Å². The summed E-state index contributed by atoms with van der Waals surface area (Å²) in [6.07, 6.45) is 1.78. The van der Waals surface area contributed by atoms with Gasteiger partial charge in [-0.1, -0.05) is 18.8 Å². The summed E-state index contributed by atoms with van der Waals surface area (Å²) in [4.78, 5) is 28.0. The van der Waals surface area contributed by atoms with Gasteiger partial charge in [0.1, 0.15) is 29.7 Å². The SMILES string of the molecule is COCC(OC[C@H]1O[C@@H](n2ncc3c(NC4CCCC4)nc(C#CC4(O)CC4)nc32)[C@H](O)[C@@H]1O)P(=O)(O)O. The molecule has 5 atom stereocenters. The third-order valence-electron chi connectivity index (χ3n) is 7.00. The molecular formula is C23H32N5O9P. The molecular weight excluding hydrogens is 521 g/mol. The van der Waals surface area contributed by atoms with Crippen molar-refractivity contribution >= 4 is 24.4 Å². The van der Waals surface area contributed by atoms with Gasteiger partial charge in [0.2, 0.25) is 5.82 Å². The third kappa shape index (κ3) is 5.86. The average Bonchev–Trinajstić information content (AvgIpc) is 3.20. The molecule has 15 heteroatoms. The topological polar surface area (TPSA) is 202 Å². The number of fused-ring (bicyclic) bond motifs is 1. The molecule has 2 saturated carbocycles. The van der Waals surface area contributed by atoms with E-state index in [1.807, 2.05) is 0 Å². The van der Waals surface area contributed by atoms with E-state index in [2.05, 4.69) is 32.2 Å². The standard InChI is InChI=1S/C23H32N5O9P/c1-35-12-17(38(32,33)34)36-11-15-18(29)19(30)22(37-15)28-21-14(10-24-28)20(25-13-4-2-3-5-13)26-16(27-21)6-7-23(31)8-9-23/h10,13,15,17-19,22,29-31H,2-5,8-9,11-12H2,1H3,(H,25,26,27)(H2,32,33,34)/t15-,17?,18-,19-,22-/m1/s1. The second-order valence-corrected chi connectivity index (χ2v) is 11.8. The van der Waals surface area contributed by atoms with Crippen LogP contribution in [-0.2, 0) is 18.8 Å². The number of nitrogens with zero attached hydrogens (tertiary/aromatic N) is 4. The van der Waals surface area contributed by atoms with Crippen molar-refractivity contribution in [3.8, 4) is 11.8 Å². The van der Waals surface area contributed by atoms with E-state index in [1.165, 1.54) is 18.0 Å². The van der Waals surface area contributed by atoms with Gasteiger partial charge in [-0.2, -0.15) is 5.10 Å². The lowest BCUT2D eigenvalue weighted by Gasteiger charge is -2.21. The van der Waals surface area contributed by atoms with Crippen LogP contribution in [0.25, 0.3) is 11.0 Å². The Kier molecular flexibility index (Phi) is 7.76. The first-order valence-corrected chi connectivity index (χ1v) is 14.2. The molecule has 1 aliphatic heterocycles. The van der Waals surface area contributed by atoms with Gasteiger partial charge in [0.05, 0.1) is 24.8 Å². The van der Waals surface area contributed by atoms with Gasteiger partial charge < -0.3 is 44.6 Å². The maximum Gasteiger partial charge on any atom is 0.356 e. The molecule has 3 heterocycles. The van der Waals surface area contributed by atoms with Crippen molar-refractivity contribution in [3.05, 3.63) is 12.0 Å². The molecule has 38 heavy (non-hydrogen) atoms. The summed E-state index contributed by atoms with van der Waals surface area (Å²) in [6.45, 7) is -0.776. The van der Waals surface area contributed by atoms with Gasteiger partial charge in [0, 0.05) is 13.2 Å². The van der Waals surface area contributed by atoms with Gasteiger partial charge >= 0.3 is 7.60 Å². The Morgan fingerprint density at radius 2 is 2.00 bits per heavy atom. The zero-order valence-corrected chi connectivity index (χ0v) is 21.7. The van der Waals surface area contributed by atoms with E-state index in [0.717, 1.165) is 25.7 Å². The molecule has 1 unspecified atom stereocenters. The number of ether oxygens (including phenoxy) is 3. The predicted octanol–water partition coefficient (Wildman–Crippen LogP) is -0.157. The molecule has 3 fully saturated rings. The van der Waals surface area contributed by atoms with Crippen molar-refractivity contribution in [2.24, 2.45) is 0 Å². The summed E-state index contributed by atoms with van der Waals surface area (Å²) in [5.41, 5.74) is -0.717. The average molecular weight is 554 g/mol. The highest BCUT2D eigenvalue weighted by molar-refractivity contribution is 7.52. The molecule has 5 rings (SSSR count). The lowest BCUT2D eigenvalue weighted by atomic mass is 10.1. The van der Waals surface area contributed by atoms with Crippen LogP contribution in [0.1, 0.15) is 50.6 Å². The van der Waals surface area contributed by atoms with Crippen molar-refractivity contribution in [1.82, 2.24) is 19.7 Å². The summed E-state index contributed by atoms with van der Waals surface area (Å²) >= 11 is 0. The van der Waals surface area contributed by atoms with Crippen LogP contribution in [0.4, 0.5) is 5.82 Å². The summed E-state index contributed by atoms with van der Waals surface area (Å²) in [6, 6.07) is 0.232.